The Morgan fingerprint density at radius 1 is 1.50 bits per heavy atom. The number of aliphatic carboxylic acids is 1. The number of nitrogens with zero attached hydrogens (tertiary/aromatic N) is 3. The fraction of sp³-hybridized carbons (Fsp3) is 0.750. The quantitative estimate of drug-likeness (QED) is 0.743. The number of thioether (sulfide) groups is 1. The third kappa shape index (κ3) is 5.26. The molecule has 1 aliphatic rings. The van der Waals surface area contributed by atoms with Crippen molar-refractivity contribution in [3.63, 3.8) is 0 Å². The Morgan fingerprint density at radius 2 is 2.25 bits per heavy atom. The summed E-state index contributed by atoms with van der Waals surface area (Å²) in [4.78, 5) is 12.8. The van der Waals surface area contributed by atoms with Gasteiger partial charge >= 0.3 is 5.97 Å². The highest BCUT2D eigenvalue weighted by Crippen LogP contribution is 2.26. The Hall–Kier alpha value is -0.860. The Labute approximate surface area is 127 Å². The first-order chi connectivity index (χ1) is 9.63. The van der Waals surface area contributed by atoms with Gasteiger partial charge in [-0.1, -0.05) is 23.1 Å². The fourth-order valence-electron chi connectivity index (χ4n) is 2.20. The smallest absolute Gasteiger partial charge is 0.313 e. The van der Waals surface area contributed by atoms with E-state index in [1.807, 2.05) is 0 Å². The van der Waals surface area contributed by atoms with Crippen LogP contribution >= 0.6 is 23.1 Å². The van der Waals surface area contributed by atoms with Crippen LogP contribution < -0.4 is 5.32 Å². The van der Waals surface area contributed by atoms with Gasteiger partial charge in [0.25, 0.3) is 0 Å². The van der Waals surface area contributed by atoms with E-state index in [1.165, 1.54) is 49.0 Å². The minimum atomic E-state index is -0.832. The van der Waals surface area contributed by atoms with E-state index >= 15 is 0 Å². The highest BCUT2D eigenvalue weighted by molar-refractivity contribution is 8.01. The van der Waals surface area contributed by atoms with Gasteiger partial charge in [0, 0.05) is 6.54 Å². The molecule has 8 heteroatoms. The molecule has 0 radical (unpaired) electrons. The van der Waals surface area contributed by atoms with E-state index in [4.69, 9.17) is 5.11 Å². The number of carboxylic acid groups (broad SMARTS) is 1. The topological polar surface area (TPSA) is 78.3 Å². The molecule has 0 atom stereocenters. The van der Waals surface area contributed by atoms with Gasteiger partial charge < -0.3 is 15.3 Å². The van der Waals surface area contributed by atoms with E-state index in [9.17, 15) is 4.79 Å². The first-order valence-corrected chi connectivity index (χ1v) is 8.54. The summed E-state index contributed by atoms with van der Waals surface area (Å²) >= 11 is 2.63. The van der Waals surface area contributed by atoms with Crippen molar-refractivity contribution in [3.05, 3.63) is 0 Å². The predicted molar refractivity (Wildman–Crippen MR) is 81.6 cm³/mol. The third-order valence-electron chi connectivity index (χ3n) is 3.39. The third-order valence-corrected chi connectivity index (χ3v) is 5.39. The molecule has 1 aromatic heterocycles. The first-order valence-electron chi connectivity index (χ1n) is 6.74. The van der Waals surface area contributed by atoms with E-state index in [0.29, 0.717) is 4.34 Å². The first kappa shape index (κ1) is 15.5. The molecule has 2 N–H and O–H groups in total. The maximum Gasteiger partial charge on any atom is 0.313 e. The zero-order valence-electron chi connectivity index (χ0n) is 11.5. The minimum Gasteiger partial charge on any atom is -0.481 e. The summed E-state index contributed by atoms with van der Waals surface area (Å²) in [6.45, 7) is 3.30. The van der Waals surface area contributed by atoms with Crippen molar-refractivity contribution in [2.75, 3.05) is 37.8 Å². The Morgan fingerprint density at radius 3 is 2.95 bits per heavy atom. The van der Waals surface area contributed by atoms with E-state index in [0.717, 1.165) is 24.0 Å². The number of carboxylic acids is 1. The Kier molecular flexibility index (Phi) is 6.06. The average Bonchev–Trinajstić information content (AvgIpc) is 2.87. The molecule has 112 valence electrons. The van der Waals surface area contributed by atoms with Gasteiger partial charge in [-0.2, -0.15) is 0 Å². The Bertz CT molecular complexity index is 433. The van der Waals surface area contributed by atoms with E-state index in [-0.39, 0.29) is 5.75 Å². The van der Waals surface area contributed by atoms with Gasteiger partial charge in [0.15, 0.2) is 4.34 Å². The molecule has 1 fully saturated rings. The summed E-state index contributed by atoms with van der Waals surface area (Å²) in [5.74, 6) is -0.000945. The molecule has 0 amide bonds. The van der Waals surface area contributed by atoms with Crippen LogP contribution in [0, 0.1) is 5.92 Å². The lowest BCUT2D eigenvalue weighted by Gasteiger charge is -2.28. The van der Waals surface area contributed by atoms with Crippen molar-refractivity contribution in [1.29, 1.82) is 0 Å². The van der Waals surface area contributed by atoms with Crippen LogP contribution in [0.1, 0.15) is 19.3 Å². The van der Waals surface area contributed by atoms with Crippen molar-refractivity contribution >= 4 is 34.2 Å². The van der Waals surface area contributed by atoms with Gasteiger partial charge in [-0.15, -0.1) is 10.2 Å². The van der Waals surface area contributed by atoms with Crippen molar-refractivity contribution in [2.45, 2.75) is 23.6 Å². The van der Waals surface area contributed by atoms with Gasteiger partial charge in [0.2, 0.25) is 5.13 Å². The zero-order valence-corrected chi connectivity index (χ0v) is 13.2. The van der Waals surface area contributed by atoms with Crippen molar-refractivity contribution in [1.82, 2.24) is 15.1 Å². The number of hydrogen-bond donors (Lipinski definition) is 2. The standard InChI is InChI=1S/C12H20N4O2S2/c1-16-6-3-9(4-7-16)2-5-13-11-14-15-12(20-11)19-8-10(17)18/h9H,2-8H2,1H3,(H,13,14)(H,17,18). The fourth-order valence-corrected chi connectivity index (χ4v) is 3.69. The lowest BCUT2D eigenvalue weighted by Crippen LogP contribution is -2.30. The van der Waals surface area contributed by atoms with E-state index in [2.05, 4.69) is 27.5 Å². The molecule has 0 aliphatic carbocycles. The maximum absolute atomic E-state index is 10.5. The second kappa shape index (κ2) is 7.80. The Balaban J connectivity index is 1.65. The summed E-state index contributed by atoms with van der Waals surface area (Å²) in [6, 6.07) is 0. The highest BCUT2D eigenvalue weighted by Gasteiger charge is 2.16. The van der Waals surface area contributed by atoms with Crippen molar-refractivity contribution in [3.8, 4) is 0 Å². The monoisotopic (exact) mass is 316 g/mol. The molecule has 1 aliphatic heterocycles. The molecule has 0 aromatic carbocycles. The van der Waals surface area contributed by atoms with Gasteiger partial charge in [0.05, 0.1) is 5.75 Å². The molecule has 20 heavy (non-hydrogen) atoms. The van der Waals surface area contributed by atoms with Gasteiger partial charge in [-0.05, 0) is 45.3 Å². The molecule has 2 rings (SSSR count). The second-order valence-corrected chi connectivity index (χ2v) is 7.22. The van der Waals surface area contributed by atoms with E-state index < -0.39 is 5.97 Å². The highest BCUT2D eigenvalue weighted by atomic mass is 32.2. The lowest BCUT2D eigenvalue weighted by atomic mass is 9.94. The molecular weight excluding hydrogens is 296 g/mol. The molecule has 0 bridgehead atoms. The number of piperidine rings is 1. The number of likely N-dealkylation sites (tertiary alicyclic amines) is 1. The van der Waals surface area contributed by atoms with Crippen molar-refractivity contribution < 1.29 is 9.90 Å². The molecule has 1 saturated heterocycles. The number of anilines is 1. The number of aromatic nitrogens is 2. The molecule has 6 nitrogen and oxygen atoms in total. The molecule has 1 aromatic rings. The molecule has 0 unspecified atom stereocenters. The van der Waals surface area contributed by atoms with Crippen LogP contribution in [-0.2, 0) is 4.79 Å². The SMILES string of the molecule is CN1CCC(CCNc2nnc(SCC(=O)O)s2)CC1. The number of carbonyl (C=O) groups is 1. The summed E-state index contributed by atoms with van der Waals surface area (Å²) in [6.07, 6.45) is 3.70. The van der Waals surface area contributed by atoms with Crippen LogP contribution in [0.25, 0.3) is 0 Å². The second-order valence-electron chi connectivity index (χ2n) is 5.02. The van der Waals surface area contributed by atoms with E-state index in [1.54, 1.807) is 0 Å². The van der Waals surface area contributed by atoms with Crippen LogP contribution in [0.3, 0.4) is 0 Å². The number of rotatable bonds is 7. The number of nitrogens with one attached hydrogen (secondary N) is 1. The summed E-state index contributed by atoms with van der Waals surface area (Å²) < 4.78 is 0.703. The van der Waals surface area contributed by atoms with Gasteiger partial charge in [-0.25, -0.2) is 0 Å². The summed E-state index contributed by atoms with van der Waals surface area (Å²) in [5.41, 5.74) is 0. The van der Waals surface area contributed by atoms with Crippen molar-refractivity contribution in [2.24, 2.45) is 5.92 Å². The summed E-state index contributed by atoms with van der Waals surface area (Å²) in [5, 5.41) is 20.7. The van der Waals surface area contributed by atoms with Crippen LogP contribution in [0.15, 0.2) is 4.34 Å². The maximum atomic E-state index is 10.5. The van der Waals surface area contributed by atoms with Crippen LogP contribution in [0.5, 0.6) is 0 Å². The van der Waals surface area contributed by atoms with Gasteiger partial charge in [0.1, 0.15) is 0 Å². The lowest BCUT2D eigenvalue weighted by molar-refractivity contribution is -0.133. The van der Waals surface area contributed by atoms with Gasteiger partial charge in [-0.3, -0.25) is 4.79 Å². The molecular formula is C12H20N4O2S2. The molecule has 0 saturated carbocycles. The van der Waals surface area contributed by atoms with Crippen LogP contribution in [0.2, 0.25) is 0 Å². The molecule has 2 heterocycles. The predicted octanol–water partition coefficient (Wildman–Crippen LogP) is 1.86. The van der Waals surface area contributed by atoms with Crippen LogP contribution in [-0.4, -0.2) is 58.6 Å². The average molecular weight is 316 g/mol. The summed E-state index contributed by atoms with van der Waals surface area (Å²) in [7, 11) is 2.17. The minimum absolute atomic E-state index is 0.0320. The van der Waals surface area contributed by atoms with Crippen LogP contribution in [0.4, 0.5) is 5.13 Å². The largest absolute Gasteiger partial charge is 0.481 e. The normalized spacial score (nSPS) is 17.2. The number of hydrogen-bond acceptors (Lipinski definition) is 7. The molecule has 0 spiro atoms. The zero-order chi connectivity index (χ0) is 14.4.